The third-order valence-electron chi connectivity index (χ3n) is 23.3. The van der Waals surface area contributed by atoms with E-state index in [0.29, 0.717) is 0 Å². The van der Waals surface area contributed by atoms with Gasteiger partial charge in [-0.25, -0.2) is 0 Å². The highest BCUT2D eigenvalue weighted by Crippen LogP contribution is 2.65. The Bertz CT molecular complexity index is 5470. The average molecular weight is 1220 g/mol. The lowest BCUT2D eigenvalue weighted by Crippen LogP contribution is -2.29. The van der Waals surface area contributed by atoms with Crippen LogP contribution in [0.15, 0.2) is 279 Å². The van der Waals surface area contributed by atoms with Crippen molar-refractivity contribution in [3.63, 3.8) is 0 Å². The molecule has 0 spiro atoms. The third kappa shape index (κ3) is 8.01. The molecule has 18 rings (SSSR count). The molecule has 0 N–H and O–H groups in total. The van der Waals surface area contributed by atoms with Crippen LogP contribution in [0, 0.1) is 41.5 Å². The molecule has 0 bridgehead atoms. The number of rotatable bonds is 10. The van der Waals surface area contributed by atoms with Crippen LogP contribution in [0.3, 0.4) is 0 Å². The highest BCUT2D eigenvalue weighted by Gasteiger charge is 2.52. The minimum Gasteiger partial charge on any atom is -0.0619 e. The predicted molar refractivity (Wildman–Crippen MR) is 398 cm³/mol. The standard InChI is InChI=1S/C95H76/c1-58-31-41-67(42-32-58)94(81-28-15-12-24-76(81)87-66(20-18-30-83(87)94)51-52-92(7)80-27-14-11-22-72(80)75-26-17-19-63(6)90(75)92)70-47-38-64(39-48-70)56-65-40-50-73-79(57-65)71-21-9-10-23-74(71)91-88(73)78-49-37-61(4)53-84(78)93(91,8)85-54-62(5)55-86-89(85)77-25-13-16-29-82(77)95(86,68-43-33-59(2)34-44-68)69-45-35-60(3)36-46-69/h9-50,53-55,57H,51-52,56H2,1-8H3. The smallest absolute Gasteiger partial charge is 0.0619 e. The molecular weight excluding hydrogens is 1140 g/mol. The predicted octanol–water partition coefficient (Wildman–Crippen LogP) is 23.4. The Morgan fingerprint density at radius 2 is 0.758 bits per heavy atom. The van der Waals surface area contributed by atoms with Gasteiger partial charge in [-0.05, 0) is 228 Å². The maximum Gasteiger partial charge on any atom is 0.0713 e. The molecule has 3 atom stereocenters. The zero-order chi connectivity index (χ0) is 64.3. The molecule has 14 aromatic rings. The van der Waals surface area contributed by atoms with E-state index >= 15 is 0 Å². The van der Waals surface area contributed by atoms with Crippen molar-refractivity contribution < 1.29 is 0 Å². The molecule has 0 aliphatic heterocycles. The Balaban J connectivity index is 0.758. The van der Waals surface area contributed by atoms with E-state index < -0.39 is 16.2 Å². The SMILES string of the molecule is Cc1ccc(C2(c3ccc(Cc4ccc5c6c(c7ccccc7c5c4)C(C)(c4cc(C)cc5c4-c4ccccc4C5(c4ccc(C)cc4)c4ccc(C)cc4)c4cc(C)ccc4-6)cc3)c3ccccc3-c3c(CCC4(C)c5ccccc5-c5cccc(C)c54)cccc32)cc1. The Morgan fingerprint density at radius 3 is 1.41 bits per heavy atom. The normalized spacial score (nSPS) is 18.0. The first-order valence-corrected chi connectivity index (χ1v) is 34.4. The molecule has 4 aliphatic carbocycles. The second-order valence-electron chi connectivity index (χ2n) is 28.9. The van der Waals surface area contributed by atoms with Gasteiger partial charge in [0, 0.05) is 10.8 Å². The van der Waals surface area contributed by atoms with E-state index in [9.17, 15) is 0 Å². The quantitative estimate of drug-likeness (QED) is 0.120. The van der Waals surface area contributed by atoms with Crippen LogP contribution in [-0.4, -0.2) is 0 Å². The van der Waals surface area contributed by atoms with Gasteiger partial charge in [-0.15, -0.1) is 0 Å². The third-order valence-corrected chi connectivity index (χ3v) is 23.3. The molecule has 0 amide bonds. The Hall–Kier alpha value is -10.4. The van der Waals surface area contributed by atoms with Crippen molar-refractivity contribution in [2.24, 2.45) is 0 Å². The topological polar surface area (TPSA) is 0 Å². The molecule has 3 unspecified atom stereocenters. The summed E-state index contributed by atoms with van der Waals surface area (Å²) in [7, 11) is 0. The zero-order valence-corrected chi connectivity index (χ0v) is 55.7. The summed E-state index contributed by atoms with van der Waals surface area (Å²) in [6.45, 7) is 18.6. The van der Waals surface area contributed by atoms with E-state index in [0.717, 1.165) is 19.3 Å². The van der Waals surface area contributed by atoms with E-state index in [1.807, 2.05) is 0 Å². The molecule has 0 nitrogen and oxygen atoms in total. The Labute approximate surface area is 560 Å². The molecule has 14 aromatic carbocycles. The van der Waals surface area contributed by atoms with Crippen LogP contribution in [0.5, 0.6) is 0 Å². The van der Waals surface area contributed by atoms with Crippen molar-refractivity contribution in [2.45, 2.75) is 96.3 Å². The van der Waals surface area contributed by atoms with Gasteiger partial charge in [0.05, 0.1) is 10.8 Å². The number of hydrogen-bond donors (Lipinski definition) is 0. The molecule has 95 heavy (non-hydrogen) atoms. The van der Waals surface area contributed by atoms with Gasteiger partial charge in [0.2, 0.25) is 0 Å². The van der Waals surface area contributed by atoms with E-state index in [4.69, 9.17) is 0 Å². The largest absolute Gasteiger partial charge is 0.0713 e. The fourth-order valence-corrected chi connectivity index (χ4v) is 19.1. The van der Waals surface area contributed by atoms with E-state index in [-0.39, 0.29) is 5.41 Å². The van der Waals surface area contributed by atoms with Gasteiger partial charge in [0.25, 0.3) is 0 Å². The van der Waals surface area contributed by atoms with E-state index in [1.165, 1.54) is 188 Å². The monoisotopic (exact) mass is 1220 g/mol. The van der Waals surface area contributed by atoms with Crippen LogP contribution in [0.25, 0.3) is 66.1 Å². The summed E-state index contributed by atoms with van der Waals surface area (Å²) in [5.41, 5.74) is 38.6. The summed E-state index contributed by atoms with van der Waals surface area (Å²) >= 11 is 0. The molecule has 0 saturated heterocycles. The minimum atomic E-state index is -0.528. The van der Waals surface area contributed by atoms with Crippen LogP contribution < -0.4 is 0 Å². The summed E-state index contributed by atoms with van der Waals surface area (Å²) < 4.78 is 0. The first-order chi connectivity index (χ1) is 46.3. The summed E-state index contributed by atoms with van der Waals surface area (Å²) in [6, 6.07) is 109. The maximum absolute atomic E-state index is 2.56. The second-order valence-corrected chi connectivity index (χ2v) is 28.9. The lowest BCUT2D eigenvalue weighted by Gasteiger charge is -2.36. The molecule has 456 valence electrons. The van der Waals surface area contributed by atoms with Crippen molar-refractivity contribution in [1.82, 2.24) is 0 Å². The van der Waals surface area contributed by atoms with Crippen molar-refractivity contribution in [1.29, 1.82) is 0 Å². The van der Waals surface area contributed by atoms with Crippen LogP contribution in [0.4, 0.5) is 0 Å². The maximum atomic E-state index is 2.56. The fourth-order valence-electron chi connectivity index (χ4n) is 19.1. The zero-order valence-electron chi connectivity index (χ0n) is 55.7. The van der Waals surface area contributed by atoms with Crippen LogP contribution in [0.2, 0.25) is 0 Å². The summed E-state index contributed by atoms with van der Waals surface area (Å²) in [5, 5.41) is 5.23. The van der Waals surface area contributed by atoms with Crippen molar-refractivity contribution in [3.05, 3.63) is 401 Å². The molecule has 4 aliphatic rings. The average Bonchev–Trinajstić information content (AvgIpc) is 1.52. The fraction of sp³-hybridized carbons (Fsp3) is 0.158. The van der Waals surface area contributed by atoms with Crippen LogP contribution >= 0.6 is 0 Å². The number of fused-ring (bicyclic) bond motifs is 17. The summed E-state index contributed by atoms with van der Waals surface area (Å²) in [6.07, 6.45) is 2.79. The molecule has 0 aromatic heterocycles. The highest BCUT2D eigenvalue weighted by atomic mass is 14.5. The van der Waals surface area contributed by atoms with Crippen molar-refractivity contribution in [3.8, 4) is 44.5 Å². The lowest BCUT2D eigenvalue weighted by molar-refractivity contribution is 0.530. The molecule has 0 saturated carbocycles. The first kappa shape index (κ1) is 57.3. The van der Waals surface area contributed by atoms with Gasteiger partial charge >= 0.3 is 0 Å². The molecule has 0 fully saturated rings. The molecular formula is C95H76. The number of aryl methyl sites for hydroxylation is 7. The lowest BCUT2D eigenvalue weighted by atomic mass is 9.65. The minimum absolute atomic E-state index is 0.109. The number of hydrogen-bond acceptors (Lipinski definition) is 0. The summed E-state index contributed by atoms with van der Waals surface area (Å²) in [4.78, 5) is 0. The molecule has 0 heterocycles. The molecule has 0 heteroatoms. The van der Waals surface area contributed by atoms with E-state index in [1.54, 1.807) is 0 Å². The van der Waals surface area contributed by atoms with Gasteiger partial charge in [-0.2, -0.15) is 0 Å². The summed E-state index contributed by atoms with van der Waals surface area (Å²) in [5.74, 6) is 0. The Kier molecular flexibility index (Phi) is 12.7. The van der Waals surface area contributed by atoms with E-state index in [2.05, 4.69) is 334 Å². The van der Waals surface area contributed by atoms with Crippen LogP contribution in [-0.2, 0) is 34.5 Å². The highest BCUT2D eigenvalue weighted by molar-refractivity contribution is 6.19. The van der Waals surface area contributed by atoms with Gasteiger partial charge in [0.15, 0.2) is 0 Å². The van der Waals surface area contributed by atoms with Crippen molar-refractivity contribution in [2.75, 3.05) is 0 Å². The van der Waals surface area contributed by atoms with Gasteiger partial charge in [-0.3, -0.25) is 0 Å². The molecule has 0 radical (unpaired) electrons. The van der Waals surface area contributed by atoms with Crippen LogP contribution in [0.1, 0.15) is 143 Å². The van der Waals surface area contributed by atoms with Gasteiger partial charge in [0.1, 0.15) is 0 Å². The number of benzene rings is 14. The van der Waals surface area contributed by atoms with Gasteiger partial charge in [-0.1, -0.05) is 314 Å². The van der Waals surface area contributed by atoms with Gasteiger partial charge < -0.3 is 0 Å². The Morgan fingerprint density at radius 1 is 0.274 bits per heavy atom. The van der Waals surface area contributed by atoms with Crippen molar-refractivity contribution >= 4 is 21.5 Å². The first-order valence-electron chi connectivity index (χ1n) is 34.4. The second kappa shape index (κ2) is 21.1.